The number of methoxy groups -OCH3 is 1. The van der Waals surface area contributed by atoms with Crippen molar-refractivity contribution < 1.29 is 13.9 Å². The molecule has 0 spiro atoms. The summed E-state index contributed by atoms with van der Waals surface area (Å²) in [5.41, 5.74) is 5.01. The molecule has 0 aliphatic rings. The van der Waals surface area contributed by atoms with Gasteiger partial charge in [0.05, 0.1) is 30.0 Å². The second kappa shape index (κ2) is 8.15. The molecule has 0 aliphatic carbocycles. The third-order valence-corrected chi connectivity index (χ3v) is 5.19. The highest BCUT2D eigenvalue weighted by Gasteiger charge is 2.15. The molecule has 5 aromatic rings. The van der Waals surface area contributed by atoms with Gasteiger partial charge in [-0.25, -0.2) is 19.2 Å². The summed E-state index contributed by atoms with van der Waals surface area (Å²) in [4.78, 5) is 20.2. The van der Waals surface area contributed by atoms with Gasteiger partial charge in [0.15, 0.2) is 5.82 Å². The number of aromatic nitrogens is 6. The van der Waals surface area contributed by atoms with Gasteiger partial charge < -0.3 is 4.74 Å². The van der Waals surface area contributed by atoms with Crippen LogP contribution in [0.4, 0.5) is 15.0 Å². The Morgan fingerprint density at radius 2 is 1.79 bits per heavy atom. The van der Waals surface area contributed by atoms with E-state index >= 15 is 0 Å². The van der Waals surface area contributed by atoms with Crippen LogP contribution in [0.1, 0.15) is 5.56 Å². The number of ether oxygens (including phenoxy) is 1. The first-order chi connectivity index (χ1) is 16.0. The number of aryl methyl sites for hydroxylation is 1. The van der Waals surface area contributed by atoms with Crippen molar-refractivity contribution in [2.75, 3.05) is 12.4 Å². The van der Waals surface area contributed by atoms with E-state index in [9.17, 15) is 9.18 Å². The van der Waals surface area contributed by atoms with Gasteiger partial charge in [-0.3, -0.25) is 14.5 Å². The van der Waals surface area contributed by atoms with E-state index in [1.165, 1.54) is 19.2 Å². The summed E-state index contributed by atoms with van der Waals surface area (Å²) in [6.45, 7) is 1.98. The topological polar surface area (TPSA) is 99.7 Å². The zero-order valence-electron chi connectivity index (χ0n) is 17.7. The minimum atomic E-state index is -0.589. The molecule has 0 atom stereocenters. The van der Waals surface area contributed by atoms with Crippen molar-refractivity contribution in [3.63, 3.8) is 0 Å². The van der Waals surface area contributed by atoms with Crippen molar-refractivity contribution in [3.8, 4) is 22.8 Å². The lowest BCUT2D eigenvalue weighted by Gasteiger charge is -2.10. The SMILES string of the molecule is COC(=O)Nc1ccc(-n2cnc3c(C)cc(-c4nncn4-c4ccc(F)cc4)cc32)cn1. The lowest BCUT2D eigenvalue weighted by atomic mass is 10.1. The molecule has 0 radical (unpaired) electrons. The number of anilines is 1. The monoisotopic (exact) mass is 443 g/mol. The minimum Gasteiger partial charge on any atom is -0.453 e. The number of halogens is 1. The smallest absolute Gasteiger partial charge is 0.412 e. The minimum absolute atomic E-state index is 0.309. The predicted octanol–water partition coefficient (Wildman–Crippen LogP) is 4.29. The number of hydrogen-bond acceptors (Lipinski definition) is 6. The molecule has 0 fully saturated rings. The van der Waals surface area contributed by atoms with Crippen molar-refractivity contribution >= 4 is 22.9 Å². The quantitative estimate of drug-likeness (QED) is 0.445. The van der Waals surface area contributed by atoms with Crippen molar-refractivity contribution in [1.82, 2.24) is 29.3 Å². The van der Waals surface area contributed by atoms with Crippen LogP contribution in [-0.4, -0.2) is 42.5 Å². The van der Waals surface area contributed by atoms with Gasteiger partial charge in [0.25, 0.3) is 0 Å². The van der Waals surface area contributed by atoms with Gasteiger partial charge in [-0.15, -0.1) is 10.2 Å². The molecule has 5 rings (SSSR count). The maximum absolute atomic E-state index is 13.4. The molecule has 164 valence electrons. The van der Waals surface area contributed by atoms with Crippen LogP contribution >= 0.6 is 0 Å². The summed E-state index contributed by atoms with van der Waals surface area (Å²) >= 11 is 0. The van der Waals surface area contributed by atoms with E-state index in [0.717, 1.165) is 33.5 Å². The van der Waals surface area contributed by atoms with Gasteiger partial charge in [0.1, 0.15) is 24.3 Å². The van der Waals surface area contributed by atoms with Gasteiger partial charge in [0, 0.05) is 11.3 Å². The van der Waals surface area contributed by atoms with Crippen molar-refractivity contribution in [1.29, 1.82) is 0 Å². The fourth-order valence-electron chi connectivity index (χ4n) is 3.61. The molecule has 9 nitrogen and oxygen atoms in total. The Morgan fingerprint density at radius 3 is 2.52 bits per heavy atom. The van der Waals surface area contributed by atoms with Crippen LogP contribution < -0.4 is 5.32 Å². The number of rotatable bonds is 4. The summed E-state index contributed by atoms with van der Waals surface area (Å²) in [6.07, 6.45) is 4.36. The van der Waals surface area contributed by atoms with Crippen molar-refractivity contribution in [2.45, 2.75) is 6.92 Å². The molecule has 0 unspecified atom stereocenters. The summed E-state index contributed by atoms with van der Waals surface area (Å²) < 4.78 is 21.7. The van der Waals surface area contributed by atoms with Crippen LogP contribution in [0.25, 0.3) is 33.8 Å². The number of hydrogen-bond donors (Lipinski definition) is 1. The maximum Gasteiger partial charge on any atom is 0.412 e. The molecule has 1 N–H and O–H groups in total. The van der Waals surface area contributed by atoms with E-state index in [-0.39, 0.29) is 5.82 Å². The van der Waals surface area contributed by atoms with E-state index in [0.29, 0.717) is 11.6 Å². The molecule has 3 aromatic heterocycles. The highest BCUT2D eigenvalue weighted by Crippen LogP contribution is 2.29. The highest BCUT2D eigenvalue weighted by atomic mass is 19.1. The van der Waals surface area contributed by atoms with Gasteiger partial charge in [-0.2, -0.15) is 0 Å². The molecule has 3 heterocycles. The number of amides is 1. The summed E-state index contributed by atoms with van der Waals surface area (Å²) in [7, 11) is 1.29. The molecule has 1 amide bonds. The normalized spacial score (nSPS) is 11.0. The molecule has 0 saturated heterocycles. The lowest BCUT2D eigenvalue weighted by Crippen LogP contribution is -2.12. The first-order valence-corrected chi connectivity index (χ1v) is 9.99. The van der Waals surface area contributed by atoms with E-state index in [1.54, 1.807) is 41.6 Å². The number of carbonyl (C=O) groups excluding carboxylic acids is 1. The van der Waals surface area contributed by atoms with Gasteiger partial charge in [-0.05, 0) is 61.0 Å². The van der Waals surface area contributed by atoms with Crippen molar-refractivity contribution in [2.24, 2.45) is 0 Å². The van der Waals surface area contributed by atoms with E-state index in [4.69, 9.17) is 0 Å². The Balaban J connectivity index is 1.57. The number of nitrogens with one attached hydrogen (secondary N) is 1. The largest absolute Gasteiger partial charge is 0.453 e. The number of fused-ring (bicyclic) bond motifs is 1. The number of imidazole rings is 1. The molecule has 0 saturated carbocycles. The van der Waals surface area contributed by atoms with Crippen LogP contribution in [0, 0.1) is 12.7 Å². The average molecular weight is 443 g/mol. The van der Waals surface area contributed by atoms with Crippen molar-refractivity contribution in [3.05, 3.63) is 78.8 Å². The molecule has 33 heavy (non-hydrogen) atoms. The molecular formula is C23H18FN7O2. The fourth-order valence-corrected chi connectivity index (χ4v) is 3.61. The van der Waals surface area contributed by atoms with Gasteiger partial charge >= 0.3 is 6.09 Å². The Labute approximate surface area is 187 Å². The Morgan fingerprint density at radius 1 is 1.00 bits per heavy atom. The summed E-state index contributed by atoms with van der Waals surface area (Å²) in [5.74, 6) is 0.686. The fraction of sp³-hybridized carbons (Fsp3) is 0.0870. The molecule has 2 aromatic carbocycles. The zero-order valence-corrected chi connectivity index (χ0v) is 17.7. The van der Waals surface area contributed by atoms with Crippen LogP contribution in [0.3, 0.4) is 0 Å². The lowest BCUT2D eigenvalue weighted by molar-refractivity contribution is 0.187. The van der Waals surface area contributed by atoms with Gasteiger partial charge in [-0.1, -0.05) is 0 Å². The first-order valence-electron chi connectivity index (χ1n) is 9.99. The molecule has 0 bridgehead atoms. The standard InChI is InChI=1S/C23H18FN7O2/c1-14-9-15(22-29-27-13-31(22)17-5-3-16(24)4-6-17)10-19-21(14)26-12-30(19)18-7-8-20(25-11-18)28-23(32)33-2/h3-13H,1-2H3,(H,25,28,32). The third kappa shape index (κ3) is 3.78. The van der Waals surface area contributed by atoms with Gasteiger partial charge in [0.2, 0.25) is 0 Å². The Bertz CT molecular complexity index is 1460. The van der Waals surface area contributed by atoms with Crippen LogP contribution in [0.2, 0.25) is 0 Å². The molecule has 10 heteroatoms. The second-order valence-corrected chi connectivity index (χ2v) is 7.29. The summed E-state index contributed by atoms with van der Waals surface area (Å²) in [5, 5.41) is 10.9. The maximum atomic E-state index is 13.4. The zero-order chi connectivity index (χ0) is 22.9. The number of benzene rings is 2. The van der Waals surface area contributed by atoms with E-state index in [2.05, 4.69) is 30.2 Å². The number of carbonyl (C=O) groups is 1. The van der Waals surface area contributed by atoms with E-state index in [1.807, 2.05) is 29.7 Å². The first kappa shape index (κ1) is 20.3. The Hall–Kier alpha value is -4.60. The number of nitrogens with zero attached hydrogens (tertiary/aromatic N) is 6. The Kier molecular flexibility index (Phi) is 5.02. The van der Waals surface area contributed by atoms with E-state index < -0.39 is 6.09 Å². The third-order valence-electron chi connectivity index (χ3n) is 5.19. The van der Waals surface area contributed by atoms with Crippen LogP contribution in [-0.2, 0) is 4.74 Å². The van der Waals surface area contributed by atoms with Crippen LogP contribution in [0.5, 0.6) is 0 Å². The van der Waals surface area contributed by atoms with Crippen LogP contribution in [0.15, 0.2) is 67.4 Å². The second-order valence-electron chi connectivity index (χ2n) is 7.29. The molecular weight excluding hydrogens is 425 g/mol. The predicted molar refractivity (Wildman–Crippen MR) is 120 cm³/mol. The highest BCUT2D eigenvalue weighted by molar-refractivity contribution is 5.86. The number of pyridine rings is 1. The summed E-state index contributed by atoms with van der Waals surface area (Å²) in [6, 6.07) is 13.6. The molecule has 0 aliphatic heterocycles. The average Bonchev–Trinajstić information content (AvgIpc) is 3.48.